The minimum Gasteiger partial charge on any atom is -0.504 e. The van der Waals surface area contributed by atoms with Crippen molar-refractivity contribution in [3.05, 3.63) is 101 Å². The van der Waals surface area contributed by atoms with E-state index in [-0.39, 0.29) is 17.6 Å². The van der Waals surface area contributed by atoms with Crippen LogP contribution in [0, 0.1) is 5.92 Å². The lowest BCUT2D eigenvalue weighted by Gasteiger charge is -2.62. The van der Waals surface area contributed by atoms with Gasteiger partial charge in [0.25, 0.3) is 0 Å². The van der Waals surface area contributed by atoms with Crippen LogP contribution in [-0.2, 0) is 16.6 Å². The van der Waals surface area contributed by atoms with Gasteiger partial charge in [0.2, 0.25) is 0 Å². The van der Waals surface area contributed by atoms with Gasteiger partial charge in [0.15, 0.2) is 23.4 Å². The first kappa shape index (κ1) is 24.6. The molecule has 2 aliphatic heterocycles. The Bertz CT molecular complexity index is 1820. The molecule has 0 amide bonds. The van der Waals surface area contributed by atoms with Crippen LogP contribution in [-0.4, -0.2) is 51.7 Å². The number of nitrogens with zero attached hydrogens (tertiary/aromatic N) is 1. The second-order valence-electron chi connectivity index (χ2n) is 13.1. The summed E-state index contributed by atoms with van der Waals surface area (Å²) in [4.78, 5) is 16.7. The van der Waals surface area contributed by atoms with Gasteiger partial charge in [-0.05, 0) is 89.4 Å². The molecule has 2 N–H and O–H groups in total. The molecule has 2 unspecified atom stereocenters. The molecule has 42 heavy (non-hydrogen) atoms. The maximum Gasteiger partial charge on any atom is 0.200 e. The third kappa shape index (κ3) is 3.29. The van der Waals surface area contributed by atoms with E-state index in [0.29, 0.717) is 36.5 Å². The van der Waals surface area contributed by atoms with E-state index in [1.807, 2.05) is 12.1 Å². The summed E-state index contributed by atoms with van der Waals surface area (Å²) in [5.74, 6) is 1.09. The van der Waals surface area contributed by atoms with E-state index in [1.54, 1.807) is 6.07 Å². The van der Waals surface area contributed by atoms with E-state index in [9.17, 15) is 15.0 Å². The molecule has 3 aliphatic carbocycles. The zero-order valence-electron chi connectivity index (χ0n) is 23.4. The molecule has 2 heterocycles. The number of piperidine rings is 1. The highest BCUT2D eigenvalue weighted by atomic mass is 16.5. The van der Waals surface area contributed by atoms with Crippen molar-refractivity contribution in [2.75, 3.05) is 13.1 Å². The minimum absolute atomic E-state index is 0.0568. The lowest BCUT2D eigenvalue weighted by atomic mass is 9.48. The van der Waals surface area contributed by atoms with E-state index in [0.717, 1.165) is 40.9 Å². The van der Waals surface area contributed by atoms with Crippen LogP contribution in [0.25, 0.3) is 28.0 Å². The van der Waals surface area contributed by atoms with Crippen LogP contribution < -0.4 is 4.74 Å². The van der Waals surface area contributed by atoms with Crippen LogP contribution in [0.3, 0.4) is 0 Å². The number of fused-ring (bicyclic) bond motifs is 1. The molecule has 1 saturated heterocycles. The molecule has 3 fully saturated rings. The smallest absolute Gasteiger partial charge is 0.200 e. The average Bonchev–Trinajstić information content (AvgIpc) is 3.75. The van der Waals surface area contributed by atoms with E-state index in [1.165, 1.54) is 23.6 Å². The number of carbonyl (C=O) groups excluding carboxylic acids is 1. The summed E-state index contributed by atoms with van der Waals surface area (Å²) in [6, 6.07) is 26.7. The Kier molecular flexibility index (Phi) is 5.02. The van der Waals surface area contributed by atoms with Crippen molar-refractivity contribution in [3.63, 3.8) is 0 Å². The molecule has 2 saturated carbocycles. The van der Waals surface area contributed by atoms with Crippen molar-refractivity contribution in [2.24, 2.45) is 5.92 Å². The minimum atomic E-state index is -1.15. The van der Waals surface area contributed by atoms with Gasteiger partial charge in [-0.15, -0.1) is 0 Å². The summed E-state index contributed by atoms with van der Waals surface area (Å²) in [5.41, 5.74) is 3.80. The van der Waals surface area contributed by atoms with Crippen molar-refractivity contribution in [1.82, 2.24) is 4.90 Å². The second kappa shape index (κ2) is 8.56. The predicted molar refractivity (Wildman–Crippen MR) is 163 cm³/mol. The van der Waals surface area contributed by atoms with Gasteiger partial charge >= 0.3 is 0 Å². The van der Waals surface area contributed by atoms with E-state index < -0.39 is 17.1 Å². The van der Waals surface area contributed by atoms with Crippen molar-refractivity contribution in [3.8, 4) is 22.6 Å². The fraction of sp³-hybridized carbons (Fsp3) is 0.324. The average molecular weight is 556 g/mol. The first-order valence-corrected chi connectivity index (χ1v) is 15.3. The number of phenolic OH excluding ortho intramolecular Hbond substituents is 1. The van der Waals surface area contributed by atoms with Gasteiger partial charge in [-0.3, -0.25) is 9.69 Å². The first-order chi connectivity index (χ1) is 20.4. The third-order valence-electron chi connectivity index (χ3n) is 10.9. The van der Waals surface area contributed by atoms with Gasteiger partial charge in [0.05, 0.1) is 11.0 Å². The number of ketones is 1. The quantitative estimate of drug-likeness (QED) is 0.301. The van der Waals surface area contributed by atoms with Crippen LogP contribution in [0.2, 0.25) is 0 Å². The summed E-state index contributed by atoms with van der Waals surface area (Å²) >= 11 is 0. The number of Topliss-reactive ketones (excluding diaryl/α,β-unsaturated/α-hetero) is 1. The number of phenols is 1. The maximum absolute atomic E-state index is 14.2. The van der Waals surface area contributed by atoms with E-state index in [4.69, 9.17) is 4.74 Å². The molecular formula is C37H33NO4. The molecule has 5 heteroatoms. The van der Waals surface area contributed by atoms with E-state index >= 15 is 0 Å². The molecule has 0 aromatic heterocycles. The Hall–Kier alpha value is -3.93. The Morgan fingerprint density at radius 2 is 1.74 bits per heavy atom. The molecule has 9 rings (SSSR count). The second-order valence-corrected chi connectivity index (χ2v) is 13.1. The Morgan fingerprint density at radius 1 is 0.952 bits per heavy atom. The first-order valence-electron chi connectivity index (χ1n) is 15.3. The monoisotopic (exact) mass is 555 g/mol. The molecule has 210 valence electrons. The number of aromatic hydroxyl groups is 1. The summed E-state index contributed by atoms with van der Waals surface area (Å²) in [6.07, 6.45) is 5.27. The highest BCUT2D eigenvalue weighted by Gasteiger charge is 2.74. The van der Waals surface area contributed by atoms with Crippen molar-refractivity contribution < 1.29 is 19.7 Å². The SMILES string of the molecule is O=C1/C(=C\c2ccc(-c3ccc4ccccc4c3)cc2)C[C@@]2(O)C3Cc4ccc(O)c5c4C2(CCN3CC2CC2)[C@H]1O5. The number of likely N-dealkylation sites (tertiary alicyclic amines) is 1. The van der Waals surface area contributed by atoms with Crippen molar-refractivity contribution in [2.45, 2.75) is 55.3 Å². The summed E-state index contributed by atoms with van der Waals surface area (Å²) < 4.78 is 6.38. The van der Waals surface area contributed by atoms with Gasteiger partial charge < -0.3 is 14.9 Å². The van der Waals surface area contributed by atoms with Crippen LogP contribution in [0.1, 0.15) is 42.4 Å². The number of aliphatic hydroxyl groups is 1. The van der Waals surface area contributed by atoms with Crippen LogP contribution >= 0.6 is 0 Å². The van der Waals surface area contributed by atoms with Gasteiger partial charge in [-0.2, -0.15) is 0 Å². The van der Waals surface area contributed by atoms with Gasteiger partial charge in [0.1, 0.15) is 0 Å². The normalized spacial score (nSPS) is 30.4. The molecule has 4 atom stereocenters. The summed E-state index contributed by atoms with van der Waals surface area (Å²) in [6.45, 7) is 1.83. The molecule has 5 aliphatic rings. The fourth-order valence-corrected chi connectivity index (χ4v) is 8.65. The molecule has 4 aromatic carbocycles. The standard InChI is InChI=1S/C37H33NO4/c39-30-14-13-28-19-31-37(41)20-29(17-22-7-9-25(10-8-22)27-12-11-24-3-1-2-4-26(24)18-27)33(40)35-36(37,32(28)34(30)42-35)15-16-38(31)21-23-5-6-23/h1-4,7-14,17-18,23,31,35,39,41H,5-6,15-16,19-21H2/b29-17-/t31?,35-,36?,37+/m0/s1. The molecule has 2 bridgehead atoms. The largest absolute Gasteiger partial charge is 0.504 e. The maximum atomic E-state index is 14.2. The van der Waals surface area contributed by atoms with Crippen molar-refractivity contribution in [1.29, 1.82) is 0 Å². The Labute approximate surface area is 245 Å². The van der Waals surface area contributed by atoms with E-state index in [2.05, 4.69) is 71.6 Å². The number of hydrogen-bond acceptors (Lipinski definition) is 5. The molecule has 1 spiro atoms. The topological polar surface area (TPSA) is 70.0 Å². The van der Waals surface area contributed by atoms with Crippen LogP contribution in [0.15, 0.2) is 84.4 Å². The van der Waals surface area contributed by atoms with Gasteiger partial charge in [0, 0.05) is 30.1 Å². The van der Waals surface area contributed by atoms with Crippen molar-refractivity contribution >= 4 is 22.6 Å². The number of hydrogen-bond donors (Lipinski definition) is 2. The zero-order valence-corrected chi connectivity index (χ0v) is 23.4. The van der Waals surface area contributed by atoms with Gasteiger partial charge in [-0.25, -0.2) is 0 Å². The highest BCUT2D eigenvalue weighted by molar-refractivity contribution is 6.06. The molecule has 0 radical (unpaired) electrons. The highest BCUT2D eigenvalue weighted by Crippen LogP contribution is 2.65. The lowest BCUT2D eigenvalue weighted by molar-refractivity contribution is -0.179. The molecule has 4 aromatic rings. The number of benzene rings is 4. The summed E-state index contributed by atoms with van der Waals surface area (Å²) in [7, 11) is 0. The van der Waals surface area contributed by atoms with Crippen LogP contribution in [0.4, 0.5) is 0 Å². The Balaban J connectivity index is 1.10. The fourth-order valence-electron chi connectivity index (χ4n) is 8.65. The van der Waals surface area contributed by atoms with Gasteiger partial charge in [-0.1, -0.05) is 66.7 Å². The molecule has 5 nitrogen and oxygen atoms in total. The number of carbonyl (C=O) groups is 1. The predicted octanol–water partition coefficient (Wildman–Crippen LogP) is 6.04. The third-order valence-corrected chi connectivity index (χ3v) is 10.9. The summed E-state index contributed by atoms with van der Waals surface area (Å²) in [5, 5.41) is 26.1. The number of ether oxygens (including phenoxy) is 1. The number of rotatable bonds is 4. The lowest BCUT2D eigenvalue weighted by Crippen LogP contribution is -2.77. The molecular weight excluding hydrogens is 522 g/mol. The van der Waals surface area contributed by atoms with Crippen LogP contribution in [0.5, 0.6) is 11.5 Å². The Morgan fingerprint density at radius 3 is 2.55 bits per heavy atom. The zero-order chi connectivity index (χ0) is 28.2.